The number of hydrogen-bond acceptors (Lipinski definition) is 3. The standard InChI is InChI=1S/C16H21N3O/c1-12-9-13(2)18-14(10-12)19-15(20)16(11-17)7-5-3-4-6-8-16/h9-10H,3-8H2,1-2H3,(H,18,19,20). The molecule has 4 heteroatoms. The average molecular weight is 271 g/mol. The first-order valence-electron chi connectivity index (χ1n) is 7.24. The molecule has 0 unspecified atom stereocenters. The summed E-state index contributed by atoms with van der Waals surface area (Å²) in [4.78, 5) is 16.8. The molecule has 4 nitrogen and oxygen atoms in total. The molecule has 2 rings (SSSR count). The minimum Gasteiger partial charge on any atom is -0.309 e. The molecule has 1 heterocycles. The highest BCUT2D eigenvalue weighted by atomic mass is 16.2. The van der Waals surface area contributed by atoms with Crippen LogP contribution in [0, 0.1) is 30.6 Å². The van der Waals surface area contributed by atoms with Gasteiger partial charge in [0.15, 0.2) is 0 Å². The van der Waals surface area contributed by atoms with Gasteiger partial charge in [-0.1, -0.05) is 25.7 Å². The lowest BCUT2D eigenvalue weighted by molar-refractivity contribution is -0.123. The Bertz CT molecular complexity index is 517. The summed E-state index contributed by atoms with van der Waals surface area (Å²) >= 11 is 0. The third kappa shape index (κ3) is 3.16. The van der Waals surface area contributed by atoms with E-state index in [4.69, 9.17) is 0 Å². The smallest absolute Gasteiger partial charge is 0.246 e. The van der Waals surface area contributed by atoms with E-state index in [9.17, 15) is 10.1 Å². The van der Waals surface area contributed by atoms with Crippen molar-refractivity contribution in [2.75, 3.05) is 5.32 Å². The van der Waals surface area contributed by atoms with Crippen molar-refractivity contribution in [1.29, 1.82) is 5.26 Å². The fourth-order valence-corrected chi connectivity index (χ4v) is 2.86. The van der Waals surface area contributed by atoms with Crippen LogP contribution in [0.5, 0.6) is 0 Å². The van der Waals surface area contributed by atoms with Gasteiger partial charge in [0, 0.05) is 5.69 Å². The first-order chi connectivity index (χ1) is 9.55. The zero-order valence-corrected chi connectivity index (χ0v) is 12.2. The van der Waals surface area contributed by atoms with Crippen LogP contribution in [-0.2, 0) is 4.79 Å². The van der Waals surface area contributed by atoms with Crippen LogP contribution in [0.4, 0.5) is 5.82 Å². The van der Waals surface area contributed by atoms with Crippen LogP contribution in [0.3, 0.4) is 0 Å². The predicted octanol–water partition coefficient (Wildman–Crippen LogP) is 3.50. The van der Waals surface area contributed by atoms with Crippen molar-refractivity contribution in [2.24, 2.45) is 5.41 Å². The topological polar surface area (TPSA) is 65.8 Å². The molecule has 1 aliphatic rings. The van der Waals surface area contributed by atoms with E-state index in [0.717, 1.165) is 36.9 Å². The fourth-order valence-electron chi connectivity index (χ4n) is 2.86. The zero-order chi connectivity index (χ0) is 14.6. The van der Waals surface area contributed by atoms with Crippen molar-refractivity contribution < 1.29 is 4.79 Å². The lowest BCUT2D eigenvalue weighted by Crippen LogP contribution is -2.35. The normalized spacial score (nSPS) is 17.9. The van der Waals surface area contributed by atoms with Gasteiger partial charge < -0.3 is 5.32 Å². The van der Waals surface area contributed by atoms with E-state index >= 15 is 0 Å². The molecule has 0 spiro atoms. The molecule has 0 aliphatic heterocycles. The molecule has 1 amide bonds. The molecule has 1 aliphatic carbocycles. The van der Waals surface area contributed by atoms with Crippen LogP contribution in [0.15, 0.2) is 12.1 Å². The van der Waals surface area contributed by atoms with E-state index < -0.39 is 5.41 Å². The van der Waals surface area contributed by atoms with Gasteiger partial charge in [0.25, 0.3) is 0 Å². The number of pyridine rings is 1. The quantitative estimate of drug-likeness (QED) is 0.837. The number of aryl methyl sites for hydroxylation is 2. The Labute approximate surface area is 120 Å². The van der Waals surface area contributed by atoms with Crippen LogP contribution in [-0.4, -0.2) is 10.9 Å². The molecule has 0 radical (unpaired) electrons. The molecule has 1 N–H and O–H groups in total. The molecule has 0 saturated heterocycles. The van der Waals surface area contributed by atoms with Gasteiger partial charge in [-0.15, -0.1) is 0 Å². The predicted molar refractivity (Wildman–Crippen MR) is 78.1 cm³/mol. The lowest BCUT2D eigenvalue weighted by Gasteiger charge is -2.23. The third-order valence-corrected chi connectivity index (χ3v) is 3.95. The highest BCUT2D eigenvalue weighted by Crippen LogP contribution is 2.35. The lowest BCUT2D eigenvalue weighted by atomic mass is 9.81. The molecule has 0 aromatic carbocycles. The Morgan fingerprint density at radius 1 is 1.25 bits per heavy atom. The molecule has 1 saturated carbocycles. The van der Waals surface area contributed by atoms with Crippen LogP contribution >= 0.6 is 0 Å². The second-order valence-electron chi connectivity index (χ2n) is 5.73. The van der Waals surface area contributed by atoms with Gasteiger partial charge in [-0.2, -0.15) is 5.26 Å². The number of nitriles is 1. The highest BCUT2D eigenvalue weighted by Gasteiger charge is 2.39. The summed E-state index contributed by atoms with van der Waals surface area (Å²) in [5, 5.41) is 12.3. The Morgan fingerprint density at radius 2 is 1.90 bits per heavy atom. The number of nitrogens with zero attached hydrogens (tertiary/aromatic N) is 2. The largest absolute Gasteiger partial charge is 0.309 e. The molecular formula is C16H21N3O. The van der Waals surface area contributed by atoms with E-state index in [1.165, 1.54) is 0 Å². The highest BCUT2D eigenvalue weighted by molar-refractivity contribution is 5.96. The Hall–Kier alpha value is -1.89. The number of anilines is 1. The number of carbonyl (C=O) groups is 1. The van der Waals surface area contributed by atoms with Gasteiger partial charge >= 0.3 is 0 Å². The van der Waals surface area contributed by atoms with E-state index in [1.54, 1.807) is 0 Å². The van der Waals surface area contributed by atoms with E-state index in [2.05, 4.69) is 16.4 Å². The summed E-state index contributed by atoms with van der Waals surface area (Å²) in [7, 11) is 0. The van der Waals surface area contributed by atoms with Crippen LogP contribution in [0.1, 0.15) is 49.8 Å². The van der Waals surface area contributed by atoms with Crippen LogP contribution < -0.4 is 5.32 Å². The minimum atomic E-state index is -0.879. The molecule has 1 aromatic heterocycles. The summed E-state index contributed by atoms with van der Waals surface area (Å²) in [6, 6.07) is 6.07. The second kappa shape index (κ2) is 6.04. The van der Waals surface area contributed by atoms with Crippen LogP contribution in [0.25, 0.3) is 0 Å². The summed E-state index contributed by atoms with van der Waals surface area (Å²) in [5.74, 6) is 0.353. The number of nitrogens with one attached hydrogen (secondary N) is 1. The van der Waals surface area contributed by atoms with Gasteiger partial charge in [-0.3, -0.25) is 4.79 Å². The monoisotopic (exact) mass is 271 g/mol. The molecule has 20 heavy (non-hydrogen) atoms. The zero-order valence-electron chi connectivity index (χ0n) is 12.2. The SMILES string of the molecule is Cc1cc(C)nc(NC(=O)C2(C#N)CCCCCC2)c1. The molecule has 1 fully saturated rings. The number of amides is 1. The Morgan fingerprint density at radius 3 is 2.45 bits per heavy atom. The number of hydrogen-bond donors (Lipinski definition) is 1. The molecule has 0 atom stereocenters. The maximum atomic E-state index is 12.5. The van der Waals surface area contributed by atoms with Crippen molar-refractivity contribution in [3.63, 3.8) is 0 Å². The van der Waals surface area contributed by atoms with Gasteiger partial charge in [0.05, 0.1) is 6.07 Å². The molecule has 0 bridgehead atoms. The van der Waals surface area contributed by atoms with E-state index in [0.29, 0.717) is 18.7 Å². The summed E-state index contributed by atoms with van der Waals surface area (Å²) in [6.07, 6.45) is 5.42. The van der Waals surface area contributed by atoms with E-state index in [-0.39, 0.29) is 5.91 Å². The molecule has 1 aromatic rings. The Balaban J connectivity index is 2.19. The van der Waals surface area contributed by atoms with Crippen molar-refractivity contribution in [3.05, 3.63) is 23.4 Å². The average Bonchev–Trinajstić information content (AvgIpc) is 2.63. The maximum Gasteiger partial charge on any atom is 0.246 e. The van der Waals surface area contributed by atoms with Crippen molar-refractivity contribution >= 4 is 11.7 Å². The fraction of sp³-hybridized carbons (Fsp3) is 0.562. The Kier molecular flexibility index (Phi) is 4.39. The maximum absolute atomic E-state index is 12.5. The van der Waals surface area contributed by atoms with Gasteiger partial charge in [0.1, 0.15) is 11.2 Å². The van der Waals surface area contributed by atoms with Gasteiger partial charge in [-0.05, 0) is 44.4 Å². The number of carbonyl (C=O) groups excluding carboxylic acids is 1. The summed E-state index contributed by atoms with van der Waals surface area (Å²) in [5.41, 5.74) is 1.04. The van der Waals surface area contributed by atoms with Crippen molar-refractivity contribution in [3.8, 4) is 6.07 Å². The van der Waals surface area contributed by atoms with E-state index in [1.807, 2.05) is 26.0 Å². The number of aromatic nitrogens is 1. The van der Waals surface area contributed by atoms with Crippen molar-refractivity contribution in [2.45, 2.75) is 52.4 Å². The second-order valence-corrected chi connectivity index (χ2v) is 5.73. The van der Waals surface area contributed by atoms with Crippen molar-refractivity contribution in [1.82, 2.24) is 4.98 Å². The first kappa shape index (κ1) is 14.5. The summed E-state index contributed by atoms with van der Waals surface area (Å²) < 4.78 is 0. The first-order valence-corrected chi connectivity index (χ1v) is 7.24. The third-order valence-electron chi connectivity index (χ3n) is 3.95. The molecular weight excluding hydrogens is 250 g/mol. The van der Waals surface area contributed by atoms with Crippen LogP contribution in [0.2, 0.25) is 0 Å². The minimum absolute atomic E-state index is 0.195. The number of rotatable bonds is 2. The molecule has 106 valence electrons. The summed E-state index contributed by atoms with van der Waals surface area (Å²) in [6.45, 7) is 3.87. The van der Waals surface area contributed by atoms with Gasteiger partial charge in [-0.25, -0.2) is 4.98 Å². The van der Waals surface area contributed by atoms with Gasteiger partial charge in [0.2, 0.25) is 5.91 Å².